The normalized spacial score (nSPS) is 10.3. The third kappa shape index (κ3) is 4.14. The first kappa shape index (κ1) is 20.5. The van der Waals surface area contributed by atoms with Gasteiger partial charge in [0, 0.05) is 21.7 Å². The van der Waals surface area contributed by atoms with Crippen LogP contribution >= 0.6 is 11.6 Å². The van der Waals surface area contributed by atoms with E-state index >= 15 is 0 Å². The van der Waals surface area contributed by atoms with Crippen LogP contribution in [0, 0.1) is 6.92 Å². The van der Waals surface area contributed by atoms with Gasteiger partial charge in [-0.05, 0) is 48.9 Å². The molecule has 1 heterocycles. The Labute approximate surface area is 163 Å². The van der Waals surface area contributed by atoms with Crippen LogP contribution in [-0.2, 0) is 11.2 Å². The maximum atomic E-state index is 13.0. The maximum absolute atomic E-state index is 13.0. The van der Waals surface area contributed by atoms with Crippen molar-refractivity contribution in [3.8, 4) is 5.75 Å². The molecule has 3 rings (SSSR count). The summed E-state index contributed by atoms with van der Waals surface area (Å²) in [6.07, 6.45) is -0.175. The van der Waals surface area contributed by atoms with Gasteiger partial charge in [-0.15, -0.1) is 0 Å². The van der Waals surface area contributed by atoms with E-state index in [0.29, 0.717) is 38.5 Å². The molecule has 27 heavy (non-hydrogen) atoms. The highest BCUT2D eigenvalue weighted by atomic mass is 35.5. The Bertz CT molecular complexity index is 991. The number of carbonyl (C=O) groups excluding carboxylic acids is 1. The van der Waals surface area contributed by atoms with Crippen molar-refractivity contribution >= 4 is 34.4 Å². The van der Waals surface area contributed by atoms with Crippen LogP contribution in [0.3, 0.4) is 0 Å². The number of carbonyl (C=O) groups is 2. The van der Waals surface area contributed by atoms with E-state index in [0.717, 1.165) is 0 Å². The van der Waals surface area contributed by atoms with Crippen molar-refractivity contribution in [1.82, 2.24) is 4.57 Å². The largest absolute Gasteiger partial charge is 0.497 e. The van der Waals surface area contributed by atoms with Gasteiger partial charge in [-0.2, -0.15) is 0 Å². The number of carboxylic acids is 1. The second kappa shape index (κ2) is 8.73. The van der Waals surface area contributed by atoms with Crippen LogP contribution < -0.4 is 4.74 Å². The highest BCUT2D eigenvalue weighted by Crippen LogP contribution is 2.30. The summed E-state index contributed by atoms with van der Waals surface area (Å²) in [4.78, 5) is 24.3. The number of aliphatic carboxylic acids is 1. The number of benzene rings is 2. The Kier molecular flexibility index (Phi) is 6.64. The van der Waals surface area contributed by atoms with Gasteiger partial charge < -0.3 is 9.84 Å². The smallest absolute Gasteiger partial charge is 0.307 e. The third-order valence-electron chi connectivity index (χ3n) is 4.14. The second-order valence-corrected chi connectivity index (χ2v) is 6.10. The highest BCUT2D eigenvalue weighted by Gasteiger charge is 2.21. The minimum absolute atomic E-state index is 0.175. The minimum atomic E-state index is -0.958. The van der Waals surface area contributed by atoms with E-state index in [9.17, 15) is 14.7 Å². The Morgan fingerprint density at radius 3 is 2.44 bits per heavy atom. The van der Waals surface area contributed by atoms with Crippen LogP contribution in [0.2, 0.25) is 5.02 Å². The first-order chi connectivity index (χ1) is 12.9. The first-order valence-electron chi connectivity index (χ1n) is 8.62. The summed E-state index contributed by atoms with van der Waals surface area (Å²) in [5.74, 6) is -0.613. The Balaban J connectivity index is 0.00000126. The topological polar surface area (TPSA) is 68.5 Å². The van der Waals surface area contributed by atoms with E-state index in [4.69, 9.17) is 16.3 Å². The van der Waals surface area contributed by atoms with Crippen LogP contribution in [0.25, 0.3) is 10.9 Å². The van der Waals surface area contributed by atoms with Crippen molar-refractivity contribution in [2.24, 2.45) is 0 Å². The zero-order chi connectivity index (χ0) is 20.1. The van der Waals surface area contributed by atoms with E-state index in [1.807, 2.05) is 13.8 Å². The standard InChI is InChI=1S/C19H16ClNO4.C2H6/c1-11-15(10-18(22)23)16-9-14(25-2)6-7-17(16)21(11)19(24)12-4-3-5-13(20)8-12;1-2/h3-9H,10H2,1-2H3,(H,22,23);1-2H3. The van der Waals surface area contributed by atoms with E-state index in [2.05, 4.69) is 0 Å². The predicted molar refractivity (Wildman–Crippen MR) is 107 cm³/mol. The summed E-state index contributed by atoms with van der Waals surface area (Å²) in [6, 6.07) is 11.9. The van der Waals surface area contributed by atoms with Gasteiger partial charge in [0.15, 0.2) is 0 Å². The molecule has 0 aliphatic heterocycles. The number of rotatable bonds is 4. The number of hydrogen-bond donors (Lipinski definition) is 1. The van der Waals surface area contributed by atoms with Gasteiger partial charge in [0.1, 0.15) is 5.75 Å². The van der Waals surface area contributed by atoms with Gasteiger partial charge in [0.25, 0.3) is 5.91 Å². The molecule has 0 saturated carbocycles. The number of nitrogens with zero attached hydrogens (tertiary/aromatic N) is 1. The number of methoxy groups -OCH3 is 1. The van der Waals surface area contributed by atoms with Crippen LogP contribution in [0.1, 0.15) is 35.5 Å². The number of fused-ring (bicyclic) bond motifs is 1. The molecule has 0 aliphatic carbocycles. The molecule has 0 atom stereocenters. The monoisotopic (exact) mass is 387 g/mol. The summed E-state index contributed by atoms with van der Waals surface area (Å²) < 4.78 is 6.76. The molecule has 0 spiro atoms. The molecule has 1 aromatic heterocycles. The molecule has 0 amide bonds. The SMILES string of the molecule is CC.COc1ccc2c(c1)c(CC(=O)O)c(C)n2C(=O)c1cccc(Cl)c1. The van der Waals surface area contributed by atoms with Crippen LogP contribution in [0.15, 0.2) is 42.5 Å². The lowest BCUT2D eigenvalue weighted by Crippen LogP contribution is -2.14. The van der Waals surface area contributed by atoms with Gasteiger partial charge in [0.05, 0.1) is 19.0 Å². The fourth-order valence-corrected chi connectivity index (χ4v) is 3.17. The van der Waals surface area contributed by atoms with E-state index < -0.39 is 5.97 Å². The molecule has 0 unspecified atom stereocenters. The summed E-state index contributed by atoms with van der Waals surface area (Å²) in [5.41, 5.74) is 2.26. The minimum Gasteiger partial charge on any atom is -0.497 e. The molecular formula is C21H22ClNO4. The summed E-state index contributed by atoms with van der Waals surface area (Å²) in [5, 5.41) is 10.4. The van der Waals surface area contributed by atoms with Gasteiger partial charge in [-0.3, -0.25) is 14.2 Å². The Morgan fingerprint density at radius 2 is 1.85 bits per heavy atom. The lowest BCUT2D eigenvalue weighted by atomic mass is 10.1. The van der Waals surface area contributed by atoms with Crippen molar-refractivity contribution in [2.75, 3.05) is 7.11 Å². The number of carboxylic acid groups (broad SMARTS) is 1. The van der Waals surface area contributed by atoms with Gasteiger partial charge in [0.2, 0.25) is 0 Å². The van der Waals surface area contributed by atoms with Crippen LogP contribution in [-0.4, -0.2) is 28.7 Å². The summed E-state index contributed by atoms with van der Waals surface area (Å²) >= 11 is 5.99. The van der Waals surface area contributed by atoms with Crippen molar-refractivity contribution in [3.05, 3.63) is 64.3 Å². The Morgan fingerprint density at radius 1 is 1.15 bits per heavy atom. The van der Waals surface area contributed by atoms with E-state index in [1.165, 1.54) is 4.57 Å². The third-order valence-corrected chi connectivity index (χ3v) is 4.38. The molecular weight excluding hydrogens is 366 g/mol. The molecule has 142 valence electrons. The molecule has 3 aromatic rings. The number of aromatic nitrogens is 1. The van der Waals surface area contributed by atoms with Crippen molar-refractivity contribution in [1.29, 1.82) is 0 Å². The zero-order valence-electron chi connectivity index (χ0n) is 15.7. The molecule has 0 bridgehead atoms. The fourth-order valence-electron chi connectivity index (χ4n) is 2.98. The van der Waals surface area contributed by atoms with Gasteiger partial charge in [-0.1, -0.05) is 31.5 Å². The first-order valence-corrected chi connectivity index (χ1v) is 9.00. The van der Waals surface area contributed by atoms with Crippen molar-refractivity contribution in [3.63, 3.8) is 0 Å². The molecule has 0 saturated heterocycles. The van der Waals surface area contributed by atoms with E-state index in [-0.39, 0.29) is 12.3 Å². The Hall–Kier alpha value is -2.79. The van der Waals surface area contributed by atoms with E-state index in [1.54, 1.807) is 56.5 Å². The average Bonchev–Trinajstić information content (AvgIpc) is 2.93. The molecule has 0 radical (unpaired) electrons. The lowest BCUT2D eigenvalue weighted by Gasteiger charge is -2.08. The number of ether oxygens (including phenoxy) is 1. The molecule has 1 N–H and O–H groups in total. The lowest BCUT2D eigenvalue weighted by molar-refractivity contribution is -0.136. The molecule has 0 fully saturated rings. The highest BCUT2D eigenvalue weighted by molar-refractivity contribution is 6.31. The van der Waals surface area contributed by atoms with Crippen LogP contribution in [0.4, 0.5) is 0 Å². The second-order valence-electron chi connectivity index (χ2n) is 5.67. The molecule has 0 aliphatic rings. The number of hydrogen-bond acceptors (Lipinski definition) is 3. The van der Waals surface area contributed by atoms with Gasteiger partial charge >= 0.3 is 5.97 Å². The van der Waals surface area contributed by atoms with Crippen LogP contribution in [0.5, 0.6) is 5.75 Å². The van der Waals surface area contributed by atoms with Crippen molar-refractivity contribution < 1.29 is 19.4 Å². The maximum Gasteiger partial charge on any atom is 0.307 e. The molecule has 6 heteroatoms. The molecule has 5 nitrogen and oxygen atoms in total. The zero-order valence-corrected chi connectivity index (χ0v) is 16.5. The van der Waals surface area contributed by atoms with Crippen molar-refractivity contribution in [2.45, 2.75) is 27.2 Å². The summed E-state index contributed by atoms with van der Waals surface area (Å²) in [6.45, 7) is 5.74. The quantitative estimate of drug-likeness (QED) is 0.687. The number of halogens is 1. The molecule has 2 aromatic carbocycles. The summed E-state index contributed by atoms with van der Waals surface area (Å²) in [7, 11) is 1.54. The van der Waals surface area contributed by atoms with Gasteiger partial charge in [-0.25, -0.2) is 0 Å². The average molecular weight is 388 g/mol. The fraction of sp³-hybridized carbons (Fsp3) is 0.238. The predicted octanol–water partition coefficient (Wildman–Crippen LogP) is 4.95.